The van der Waals surface area contributed by atoms with E-state index in [4.69, 9.17) is 42.6 Å². The van der Waals surface area contributed by atoms with E-state index in [9.17, 15) is 4.79 Å². The van der Waals surface area contributed by atoms with Crippen LogP contribution >= 0.6 is 0 Å². The monoisotopic (exact) mass is 694 g/mol. The normalized spacial score (nSPS) is 26.9. The molecule has 0 bridgehead atoms. The van der Waals surface area contributed by atoms with E-state index in [1.54, 1.807) is 6.26 Å². The van der Waals surface area contributed by atoms with Crippen molar-refractivity contribution in [2.75, 3.05) is 13.2 Å². The molecule has 0 spiro atoms. The van der Waals surface area contributed by atoms with Crippen molar-refractivity contribution in [1.29, 1.82) is 0 Å². The van der Waals surface area contributed by atoms with Crippen LogP contribution in [0.5, 0.6) is 0 Å². The van der Waals surface area contributed by atoms with Gasteiger partial charge in [0, 0.05) is 0 Å². The Balaban J connectivity index is 1.13. The van der Waals surface area contributed by atoms with Crippen LogP contribution in [0.25, 0.3) is 0 Å². The van der Waals surface area contributed by atoms with Crippen molar-refractivity contribution in [3.63, 3.8) is 0 Å². The number of carbonyl (C=O) groups is 1. The van der Waals surface area contributed by atoms with Crippen LogP contribution in [0.15, 0.2) is 134 Å². The number of hydrogen-bond acceptors (Lipinski definition) is 10. The third kappa shape index (κ3) is 9.42. The molecule has 2 fully saturated rings. The maximum absolute atomic E-state index is 12.6. The molecule has 0 amide bonds. The molecule has 7 rings (SSSR count). The van der Waals surface area contributed by atoms with Crippen molar-refractivity contribution in [3.05, 3.63) is 156 Å². The Morgan fingerprint density at radius 2 is 1.02 bits per heavy atom. The molecule has 266 valence electrons. The summed E-state index contributed by atoms with van der Waals surface area (Å²) in [7, 11) is 0. The first-order valence-corrected chi connectivity index (χ1v) is 17.2. The number of fused-ring (bicyclic) bond motifs is 1. The molecule has 3 aliphatic heterocycles. The molecule has 10 heteroatoms. The second-order valence-corrected chi connectivity index (χ2v) is 12.6. The molecule has 3 aliphatic rings. The number of ether oxygens (including phenoxy) is 9. The van der Waals surface area contributed by atoms with Crippen LogP contribution in [-0.4, -0.2) is 68.4 Å². The van der Waals surface area contributed by atoms with Gasteiger partial charge in [-0.3, -0.25) is 0 Å². The highest BCUT2D eigenvalue weighted by molar-refractivity contribution is 5.63. The first kappa shape index (κ1) is 34.9. The van der Waals surface area contributed by atoms with Crippen LogP contribution in [0.4, 0.5) is 4.79 Å². The summed E-state index contributed by atoms with van der Waals surface area (Å²) in [4.78, 5) is 12.6. The van der Waals surface area contributed by atoms with E-state index in [2.05, 4.69) is 0 Å². The van der Waals surface area contributed by atoms with Crippen molar-refractivity contribution in [2.24, 2.45) is 0 Å². The van der Waals surface area contributed by atoms with Gasteiger partial charge in [-0.2, -0.15) is 0 Å². The lowest BCUT2D eigenvalue weighted by atomic mass is 9.98. The van der Waals surface area contributed by atoms with Gasteiger partial charge in [-0.05, 0) is 28.3 Å². The van der Waals surface area contributed by atoms with Crippen LogP contribution in [0, 0.1) is 0 Å². The first-order chi connectivity index (χ1) is 25.2. The molecule has 0 unspecified atom stereocenters. The summed E-state index contributed by atoms with van der Waals surface area (Å²) in [5.41, 5.74) is 3.99. The molecule has 2 saturated heterocycles. The summed E-state index contributed by atoms with van der Waals surface area (Å²) in [6.07, 6.45) is -3.30. The third-order valence-corrected chi connectivity index (χ3v) is 8.92. The maximum atomic E-state index is 12.6. The predicted molar refractivity (Wildman–Crippen MR) is 185 cm³/mol. The minimum absolute atomic E-state index is 0.122. The average Bonchev–Trinajstić information content (AvgIpc) is 3.57. The summed E-state index contributed by atoms with van der Waals surface area (Å²) in [6.45, 7) is 1.65. The van der Waals surface area contributed by atoms with Gasteiger partial charge in [-0.15, -0.1) is 0 Å². The molecule has 0 radical (unpaired) electrons. The number of rotatable bonds is 16. The van der Waals surface area contributed by atoms with Gasteiger partial charge < -0.3 is 42.6 Å². The van der Waals surface area contributed by atoms with E-state index in [-0.39, 0.29) is 19.8 Å². The molecule has 0 aromatic heterocycles. The second kappa shape index (κ2) is 17.6. The molecular weight excluding hydrogens is 652 g/mol. The molecule has 3 heterocycles. The van der Waals surface area contributed by atoms with E-state index in [0.29, 0.717) is 19.8 Å². The second-order valence-electron chi connectivity index (χ2n) is 12.6. The number of hydrogen-bond donors (Lipinski definition) is 0. The molecule has 8 atom stereocenters. The van der Waals surface area contributed by atoms with Gasteiger partial charge in [0.05, 0.1) is 45.9 Å². The lowest BCUT2D eigenvalue weighted by molar-refractivity contribution is -0.322. The van der Waals surface area contributed by atoms with Crippen LogP contribution < -0.4 is 0 Å². The topological polar surface area (TPSA) is 100 Å². The quantitative estimate of drug-likeness (QED) is 0.121. The van der Waals surface area contributed by atoms with Crippen molar-refractivity contribution < 1.29 is 47.4 Å². The highest BCUT2D eigenvalue weighted by Gasteiger charge is 2.56. The fourth-order valence-electron chi connectivity index (χ4n) is 6.32. The standard InChI is InChI=1S/C41H42O10/c42-41-50-37-35(28-44-24-30-15-7-2-8-16-30)48-40(39(38(37)51-41)47-26-32-19-11-4-12-20-32)49-36-33(46-25-31-17-9-3-10-18-31)21-22-45-34(36)27-43-23-29-13-5-1-6-14-29/h1-22,33-40H,23-28H2/t33-,34-,35-,36+,37+,38+,39-,40+/m1/s1. The Hall–Kier alpha value is -4.55. The van der Waals surface area contributed by atoms with E-state index in [0.717, 1.165) is 22.3 Å². The lowest BCUT2D eigenvalue weighted by Crippen LogP contribution is -2.61. The molecular formula is C41H42O10. The minimum atomic E-state index is -1.02. The lowest BCUT2D eigenvalue weighted by Gasteiger charge is -2.44. The summed E-state index contributed by atoms with van der Waals surface area (Å²) in [6, 6.07) is 39.4. The Kier molecular flexibility index (Phi) is 12.0. The van der Waals surface area contributed by atoms with Crippen molar-refractivity contribution in [3.8, 4) is 0 Å². The summed E-state index contributed by atoms with van der Waals surface area (Å²) >= 11 is 0. The van der Waals surface area contributed by atoms with Gasteiger partial charge in [0.15, 0.2) is 24.6 Å². The van der Waals surface area contributed by atoms with Gasteiger partial charge in [-0.25, -0.2) is 4.79 Å². The zero-order valence-corrected chi connectivity index (χ0v) is 28.1. The summed E-state index contributed by atoms with van der Waals surface area (Å²) in [5, 5.41) is 0. The van der Waals surface area contributed by atoms with Gasteiger partial charge >= 0.3 is 6.16 Å². The third-order valence-electron chi connectivity index (χ3n) is 8.92. The molecule has 4 aromatic carbocycles. The van der Waals surface area contributed by atoms with Gasteiger partial charge in [0.2, 0.25) is 0 Å². The zero-order chi connectivity index (χ0) is 34.7. The first-order valence-electron chi connectivity index (χ1n) is 17.2. The number of benzene rings is 4. The summed E-state index contributed by atoms with van der Waals surface area (Å²) < 4.78 is 56.1. The van der Waals surface area contributed by atoms with E-state index in [1.165, 1.54) is 0 Å². The summed E-state index contributed by atoms with van der Waals surface area (Å²) in [5.74, 6) is 0. The molecule has 0 saturated carbocycles. The fourth-order valence-corrected chi connectivity index (χ4v) is 6.32. The maximum Gasteiger partial charge on any atom is 0.509 e. The highest BCUT2D eigenvalue weighted by Crippen LogP contribution is 2.36. The minimum Gasteiger partial charge on any atom is -0.493 e. The predicted octanol–water partition coefficient (Wildman–Crippen LogP) is 6.52. The van der Waals surface area contributed by atoms with Crippen molar-refractivity contribution in [2.45, 2.75) is 75.4 Å². The van der Waals surface area contributed by atoms with E-state index in [1.807, 2.05) is 127 Å². The fraction of sp³-hybridized carbons (Fsp3) is 0.341. The molecule has 0 aliphatic carbocycles. The van der Waals surface area contributed by atoms with Gasteiger partial charge in [0.25, 0.3) is 0 Å². The highest BCUT2D eigenvalue weighted by atomic mass is 16.8. The van der Waals surface area contributed by atoms with Crippen molar-refractivity contribution >= 4 is 6.16 Å². The van der Waals surface area contributed by atoms with E-state index >= 15 is 0 Å². The molecule has 0 N–H and O–H groups in total. The largest absolute Gasteiger partial charge is 0.509 e. The zero-order valence-electron chi connectivity index (χ0n) is 28.1. The van der Waals surface area contributed by atoms with Crippen molar-refractivity contribution in [1.82, 2.24) is 0 Å². The average molecular weight is 695 g/mol. The molecule has 10 nitrogen and oxygen atoms in total. The van der Waals surface area contributed by atoms with E-state index < -0.39 is 55.2 Å². The number of carbonyl (C=O) groups excluding carboxylic acids is 1. The Labute approximate surface area is 297 Å². The van der Waals surface area contributed by atoms with Crippen LogP contribution in [0.1, 0.15) is 22.3 Å². The van der Waals surface area contributed by atoms with Crippen LogP contribution in [-0.2, 0) is 69.1 Å². The SMILES string of the molecule is O=C1O[C@H]2[C@@H](O1)[C@@H](COCc1ccccc1)O[C@@H](O[C@H]1[C@H](OCc3ccccc3)C=CO[C@@H]1COCc1ccccc1)[C@@H]2OCc1ccccc1. The van der Waals surface area contributed by atoms with Gasteiger partial charge in [-0.1, -0.05) is 121 Å². The van der Waals surface area contributed by atoms with Crippen LogP contribution in [0.3, 0.4) is 0 Å². The smallest absolute Gasteiger partial charge is 0.493 e. The molecule has 4 aromatic rings. The Bertz CT molecular complexity index is 1660. The Morgan fingerprint density at radius 3 is 1.59 bits per heavy atom. The van der Waals surface area contributed by atoms with Gasteiger partial charge in [0.1, 0.15) is 24.4 Å². The van der Waals surface area contributed by atoms with Crippen LogP contribution in [0.2, 0.25) is 0 Å². The Morgan fingerprint density at radius 1 is 0.529 bits per heavy atom. The molecule has 51 heavy (non-hydrogen) atoms.